The Morgan fingerprint density at radius 3 is 2.32 bits per heavy atom. The molecule has 2 heteroatoms. The number of aromatic nitrogens is 1. The quantitative estimate of drug-likeness (QED) is 0.794. The predicted molar refractivity (Wildman–Crippen MR) is 92.7 cm³/mol. The summed E-state index contributed by atoms with van der Waals surface area (Å²) in [6, 6.07) is 17.4. The monoisotopic (exact) mass is 294 g/mol. The molecule has 1 aliphatic rings. The van der Waals surface area contributed by atoms with Gasteiger partial charge in [-0.15, -0.1) is 0 Å². The van der Waals surface area contributed by atoms with Crippen LogP contribution < -0.4 is 0 Å². The van der Waals surface area contributed by atoms with Crippen LogP contribution in [0.4, 0.5) is 0 Å². The number of pyridine rings is 1. The van der Waals surface area contributed by atoms with Gasteiger partial charge < -0.3 is 4.90 Å². The Balaban J connectivity index is 1.91. The molecule has 0 amide bonds. The number of rotatable bonds is 4. The summed E-state index contributed by atoms with van der Waals surface area (Å²) in [5, 5.41) is 0. The highest BCUT2D eigenvalue weighted by atomic mass is 15.1. The lowest BCUT2D eigenvalue weighted by molar-refractivity contribution is 0.167. The van der Waals surface area contributed by atoms with Gasteiger partial charge >= 0.3 is 0 Å². The number of nitrogens with zero attached hydrogens (tertiary/aromatic N) is 2. The van der Waals surface area contributed by atoms with Gasteiger partial charge in [-0.1, -0.05) is 55.7 Å². The molecule has 1 aromatic carbocycles. The number of hydrogen-bond donors (Lipinski definition) is 0. The fourth-order valence-electron chi connectivity index (χ4n) is 3.76. The summed E-state index contributed by atoms with van der Waals surface area (Å²) in [7, 11) is 4.38. The Labute approximate surface area is 134 Å². The molecule has 0 saturated heterocycles. The van der Waals surface area contributed by atoms with E-state index < -0.39 is 0 Å². The van der Waals surface area contributed by atoms with Crippen molar-refractivity contribution in [3.05, 3.63) is 54.2 Å². The maximum Gasteiger partial charge on any atom is 0.0706 e. The van der Waals surface area contributed by atoms with Crippen molar-refractivity contribution < 1.29 is 0 Å². The molecule has 1 aliphatic carbocycles. The van der Waals surface area contributed by atoms with E-state index in [-0.39, 0.29) is 0 Å². The van der Waals surface area contributed by atoms with Crippen molar-refractivity contribution >= 4 is 0 Å². The minimum Gasteiger partial charge on any atom is -0.301 e. The van der Waals surface area contributed by atoms with Crippen molar-refractivity contribution in [3.8, 4) is 11.3 Å². The molecule has 22 heavy (non-hydrogen) atoms. The van der Waals surface area contributed by atoms with E-state index in [1.54, 1.807) is 0 Å². The zero-order valence-corrected chi connectivity index (χ0v) is 13.7. The summed E-state index contributed by atoms with van der Waals surface area (Å²) >= 11 is 0. The maximum atomic E-state index is 5.00. The fraction of sp³-hybridized carbons (Fsp3) is 0.450. The Morgan fingerprint density at radius 2 is 1.64 bits per heavy atom. The first kappa shape index (κ1) is 15.2. The number of benzene rings is 1. The lowest BCUT2D eigenvalue weighted by atomic mass is 9.82. The van der Waals surface area contributed by atoms with E-state index in [1.165, 1.54) is 43.4 Å². The van der Waals surface area contributed by atoms with Crippen molar-refractivity contribution in [1.82, 2.24) is 9.88 Å². The van der Waals surface area contributed by atoms with Gasteiger partial charge in [-0.05, 0) is 45.0 Å². The predicted octanol–water partition coefficient (Wildman–Crippen LogP) is 4.93. The van der Waals surface area contributed by atoms with Gasteiger partial charge in [0, 0.05) is 5.56 Å². The Hall–Kier alpha value is -1.67. The van der Waals surface area contributed by atoms with Gasteiger partial charge in [0.05, 0.1) is 17.4 Å². The summed E-state index contributed by atoms with van der Waals surface area (Å²) in [5.74, 6) is 0.738. The highest BCUT2D eigenvalue weighted by Gasteiger charge is 2.27. The smallest absolute Gasteiger partial charge is 0.0706 e. The van der Waals surface area contributed by atoms with Crippen molar-refractivity contribution in [2.75, 3.05) is 14.1 Å². The molecule has 1 heterocycles. The first-order valence-electron chi connectivity index (χ1n) is 8.44. The molecule has 2 nitrogen and oxygen atoms in total. The Morgan fingerprint density at radius 1 is 0.909 bits per heavy atom. The van der Waals surface area contributed by atoms with Crippen molar-refractivity contribution in [2.24, 2.45) is 5.92 Å². The third kappa shape index (κ3) is 3.38. The van der Waals surface area contributed by atoms with Crippen LogP contribution in [0.3, 0.4) is 0 Å². The highest BCUT2D eigenvalue weighted by molar-refractivity contribution is 5.58. The molecule has 0 spiro atoms. The molecule has 0 bridgehead atoms. The first-order valence-corrected chi connectivity index (χ1v) is 8.44. The van der Waals surface area contributed by atoms with Crippen LogP contribution in [0.5, 0.6) is 0 Å². The fourth-order valence-corrected chi connectivity index (χ4v) is 3.76. The molecule has 116 valence electrons. The van der Waals surface area contributed by atoms with Crippen LogP contribution in [0.15, 0.2) is 48.5 Å². The van der Waals surface area contributed by atoms with Gasteiger partial charge in [-0.3, -0.25) is 4.98 Å². The lowest BCUT2D eigenvalue weighted by Crippen LogP contribution is -2.29. The molecule has 1 saturated carbocycles. The molecular weight excluding hydrogens is 268 g/mol. The molecule has 1 atom stereocenters. The largest absolute Gasteiger partial charge is 0.301 e. The van der Waals surface area contributed by atoms with Crippen LogP contribution in [0.25, 0.3) is 11.3 Å². The van der Waals surface area contributed by atoms with Crippen LogP contribution >= 0.6 is 0 Å². The summed E-state index contributed by atoms with van der Waals surface area (Å²) in [5.41, 5.74) is 3.50. The van der Waals surface area contributed by atoms with Crippen molar-refractivity contribution in [3.63, 3.8) is 0 Å². The standard InChI is InChI=1S/C20H26N2/c1-22(2)20(17-12-7-4-8-13-17)19-15-9-14-18(21-19)16-10-5-3-6-11-16/h3,5-6,9-11,14-15,17,20H,4,7-8,12-13H2,1-2H3. The normalized spacial score (nSPS) is 17.6. The summed E-state index contributed by atoms with van der Waals surface area (Å²) < 4.78 is 0. The van der Waals surface area contributed by atoms with Crippen molar-refractivity contribution in [2.45, 2.75) is 38.1 Å². The topological polar surface area (TPSA) is 16.1 Å². The zero-order valence-electron chi connectivity index (χ0n) is 13.7. The summed E-state index contributed by atoms with van der Waals surface area (Å²) in [6.07, 6.45) is 6.80. The third-order valence-electron chi connectivity index (χ3n) is 4.80. The van der Waals surface area contributed by atoms with Gasteiger partial charge in [0.25, 0.3) is 0 Å². The summed E-state index contributed by atoms with van der Waals surface area (Å²) in [4.78, 5) is 7.35. The van der Waals surface area contributed by atoms with Crippen LogP contribution in [-0.2, 0) is 0 Å². The average molecular weight is 294 g/mol. The molecule has 0 aliphatic heterocycles. The molecule has 0 N–H and O–H groups in total. The zero-order chi connectivity index (χ0) is 15.4. The van der Waals surface area contributed by atoms with Crippen LogP contribution in [0.2, 0.25) is 0 Å². The van der Waals surface area contributed by atoms with E-state index in [4.69, 9.17) is 4.98 Å². The van der Waals surface area contributed by atoms with Gasteiger partial charge in [0.1, 0.15) is 0 Å². The molecule has 1 unspecified atom stereocenters. The SMILES string of the molecule is CN(C)C(c1cccc(-c2ccccc2)n1)C1CCCCC1. The van der Waals surface area contributed by atoms with Gasteiger partial charge in [-0.25, -0.2) is 0 Å². The maximum absolute atomic E-state index is 5.00. The second-order valence-electron chi connectivity index (χ2n) is 6.62. The van der Waals surface area contributed by atoms with E-state index in [1.807, 2.05) is 0 Å². The second-order valence-corrected chi connectivity index (χ2v) is 6.62. The molecular formula is C20H26N2. The Bertz CT molecular complexity index is 586. The van der Waals surface area contributed by atoms with E-state index in [0.29, 0.717) is 6.04 Å². The third-order valence-corrected chi connectivity index (χ3v) is 4.80. The van der Waals surface area contributed by atoms with Crippen molar-refractivity contribution in [1.29, 1.82) is 0 Å². The Kier molecular flexibility index (Phi) is 4.89. The minimum absolute atomic E-state index is 0.434. The van der Waals surface area contributed by atoms with E-state index in [2.05, 4.69) is 67.5 Å². The summed E-state index contributed by atoms with van der Waals surface area (Å²) in [6.45, 7) is 0. The van der Waals surface area contributed by atoms with E-state index in [9.17, 15) is 0 Å². The van der Waals surface area contributed by atoms with E-state index in [0.717, 1.165) is 11.6 Å². The van der Waals surface area contributed by atoms with Crippen LogP contribution in [0.1, 0.15) is 43.8 Å². The highest BCUT2D eigenvalue weighted by Crippen LogP contribution is 2.37. The van der Waals surface area contributed by atoms with Gasteiger partial charge in [0.2, 0.25) is 0 Å². The lowest BCUT2D eigenvalue weighted by Gasteiger charge is -2.34. The molecule has 1 fully saturated rings. The molecule has 1 aromatic heterocycles. The van der Waals surface area contributed by atoms with Gasteiger partial charge in [0.15, 0.2) is 0 Å². The average Bonchev–Trinajstić information content (AvgIpc) is 2.57. The van der Waals surface area contributed by atoms with Gasteiger partial charge in [-0.2, -0.15) is 0 Å². The molecule has 3 rings (SSSR count). The van der Waals surface area contributed by atoms with Crippen LogP contribution in [0, 0.1) is 5.92 Å². The van der Waals surface area contributed by atoms with E-state index >= 15 is 0 Å². The van der Waals surface area contributed by atoms with Crippen LogP contribution in [-0.4, -0.2) is 24.0 Å². The number of hydrogen-bond acceptors (Lipinski definition) is 2. The second kappa shape index (κ2) is 7.06. The first-order chi connectivity index (χ1) is 10.8. The molecule has 0 radical (unpaired) electrons. The molecule has 2 aromatic rings. The minimum atomic E-state index is 0.434.